The molecule has 19 heavy (non-hydrogen) atoms. The Kier molecular flexibility index (Phi) is 4.65. The van der Waals surface area contributed by atoms with Gasteiger partial charge in [-0.2, -0.15) is 0 Å². The molecule has 0 saturated heterocycles. The fourth-order valence-corrected chi connectivity index (χ4v) is 2.64. The molecule has 1 aromatic heterocycles. The van der Waals surface area contributed by atoms with E-state index in [9.17, 15) is 0 Å². The van der Waals surface area contributed by atoms with Gasteiger partial charge in [-0.05, 0) is 42.0 Å². The summed E-state index contributed by atoms with van der Waals surface area (Å²) in [6.07, 6.45) is 5.39. The number of nitrogens with zero attached hydrogens (tertiary/aromatic N) is 1. The van der Waals surface area contributed by atoms with Gasteiger partial charge in [-0.15, -0.1) is 0 Å². The zero-order valence-electron chi connectivity index (χ0n) is 12.3. The Balaban J connectivity index is 2.47. The van der Waals surface area contributed by atoms with E-state index in [4.69, 9.17) is 5.11 Å². The van der Waals surface area contributed by atoms with E-state index in [1.54, 1.807) is 0 Å². The summed E-state index contributed by atoms with van der Waals surface area (Å²) in [7, 11) is 0. The summed E-state index contributed by atoms with van der Waals surface area (Å²) in [5.41, 5.74) is 4.16. The number of hydrogen-bond donors (Lipinski definition) is 1. The summed E-state index contributed by atoms with van der Waals surface area (Å²) in [5, 5.41) is 10.4. The lowest BCUT2D eigenvalue weighted by atomic mass is 9.99. The van der Waals surface area contributed by atoms with Gasteiger partial charge in [0.1, 0.15) is 0 Å². The Morgan fingerprint density at radius 1 is 1.26 bits per heavy atom. The lowest BCUT2D eigenvalue weighted by Gasteiger charge is -2.07. The first-order chi connectivity index (χ1) is 9.17. The average molecular weight is 259 g/mol. The highest BCUT2D eigenvalue weighted by molar-refractivity contribution is 5.85. The molecule has 0 amide bonds. The summed E-state index contributed by atoms with van der Waals surface area (Å²) >= 11 is 0. The van der Waals surface area contributed by atoms with Crippen LogP contribution in [0.25, 0.3) is 10.9 Å². The van der Waals surface area contributed by atoms with Gasteiger partial charge in [0, 0.05) is 30.3 Å². The van der Waals surface area contributed by atoms with Crippen molar-refractivity contribution in [3.63, 3.8) is 0 Å². The molecular weight excluding hydrogens is 234 g/mol. The number of hydrogen-bond acceptors (Lipinski definition) is 1. The quantitative estimate of drug-likeness (QED) is 0.830. The molecule has 0 aliphatic heterocycles. The Morgan fingerprint density at radius 2 is 2.05 bits per heavy atom. The van der Waals surface area contributed by atoms with Gasteiger partial charge in [0.05, 0.1) is 0 Å². The Bertz CT molecular complexity index is 539. The highest BCUT2D eigenvalue weighted by atomic mass is 16.3. The van der Waals surface area contributed by atoms with Crippen LogP contribution in [0.5, 0.6) is 0 Å². The number of aliphatic hydroxyl groups is 1. The average Bonchev–Trinajstić information content (AvgIpc) is 2.74. The fraction of sp³-hybridized carbons (Fsp3) is 0.529. The molecule has 1 heterocycles. The van der Waals surface area contributed by atoms with Crippen molar-refractivity contribution in [1.29, 1.82) is 0 Å². The van der Waals surface area contributed by atoms with Crippen molar-refractivity contribution in [2.75, 3.05) is 6.61 Å². The molecule has 0 aliphatic rings. The van der Waals surface area contributed by atoms with Gasteiger partial charge >= 0.3 is 0 Å². The maximum absolute atomic E-state index is 9.01. The second-order valence-electron chi connectivity index (χ2n) is 5.61. The topological polar surface area (TPSA) is 25.2 Å². The lowest BCUT2D eigenvalue weighted by Crippen LogP contribution is -1.98. The fourth-order valence-electron chi connectivity index (χ4n) is 2.64. The second-order valence-corrected chi connectivity index (χ2v) is 5.61. The minimum atomic E-state index is 0.257. The molecule has 0 spiro atoms. The van der Waals surface area contributed by atoms with E-state index in [1.165, 1.54) is 28.5 Å². The maximum Gasteiger partial charge on any atom is 0.0483 e. The third-order valence-electron chi connectivity index (χ3n) is 3.73. The zero-order chi connectivity index (χ0) is 13.8. The van der Waals surface area contributed by atoms with Crippen LogP contribution in [0.4, 0.5) is 0 Å². The van der Waals surface area contributed by atoms with E-state index >= 15 is 0 Å². The number of fused-ring (bicyclic) bond motifs is 1. The third-order valence-corrected chi connectivity index (χ3v) is 3.73. The molecule has 2 aromatic rings. The van der Waals surface area contributed by atoms with Crippen LogP contribution in [-0.2, 0) is 13.0 Å². The van der Waals surface area contributed by atoms with Crippen LogP contribution in [0.3, 0.4) is 0 Å². The van der Waals surface area contributed by atoms with Gasteiger partial charge in [0.25, 0.3) is 0 Å². The molecule has 2 rings (SSSR count). The largest absolute Gasteiger partial charge is 0.396 e. The van der Waals surface area contributed by atoms with Gasteiger partial charge < -0.3 is 9.67 Å². The highest BCUT2D eigenvalue weighted by Gasteiger charge is 2.09. The van der Waals surface area contributed by atoms with Crippen LogP contribution in [0.2, 0.25) is 0 Å². The van der Waals surface area contributed by atoms with Crippen molar-refractivity contribution in [3.8, 4) is 0 Å². The normalized spacial score (nSPS) is 11.6. The van der Waals surface area contributed by atoms with Crippen molar-refractivity contribution in [2.24, 2.45) is 0 Å². The first-order valence-electron chi connectivity index (χ1n) is 7.40. The molecule has 1 aromatic carbocycles. The number of rotatable bonds is 6. The molecule has 2 nitrogen and oxygen atoms in total. The van der Waals surface area contributed by atoms with E-state index < -0.39 is 0 Å². The van der Waals surface area contributed by atoms with Gasteiger partial charge in [0.15, 0.2) is 0 Å². The number of aryl methyl sites for hydroxylation is 2. The predicted octanol–water partition coefficient (Wildman–Crippen LogP) is 4.10. The molecule has 0 fully saturated rings. The molecule has 0 unspecified atom stereocenters. The van der Waals surface area contributed by atoms with Gasteiger partial charge in [-0.1, -0.05) is 33.3 Å². The summed E-state index contributed by atoms with van der Waals surface area (Å²) < 4.78 is 2.29. The molecular formula is C17H25NO. The molecule has 0 atom stereocenters. The first kappa shape index (κ1) is 14.1. The smallest absolute Gasteiger partial charge is 0.0483 e. The molecule has 0 bridgehead atoms. The van der Waals surface area contributed by atoms with Crippen LogP contribution in [-0.4, -0.2) is 16.3 Å². The first-order valence-corrected chi connectivity index (χ1v) is 7.40. The summed E-state index contributed by atoms with van der Waals surface area (Å²) in [5.74, 6) is 0.569. The maximum atomic E-state index is 9.01. The van der Waals surface area contributed by atoms with Gasteiger partial charge in [-0.25, -0.2) is 0 Å². The molecule has 0 saturated carbocycles. The monoisotopic (exact) mass is 259 g/mol. The lowest BCUT2D eigenvalue weighted by molar-refractivity contribution is 0.280. The van der Waals surface area contributed by atoms with Crippen molar-refractivity contribution in [1.82, 2.24) is 4.57 Å². The Morgan fingerprint density at radius 3 is 2.68 bits per heavy atom. The van der Waals surface area contributed by atoms with E-state index in [1.807, 2.05) is 0 Å². The summed E-state index contributed by atoms with van der Waals surface area (Å²) in [4.78, 5) is 0. The summed E-state index contributed by atoms with van der Waals surface area (Å²) in [6.45, 7) is 7.86. The van der Waals surface area contributed by atoms with Crippen LogP contribution in [0, 0.1) is 0 Å². The third kappa shape index (κ3) is 3.01. The van der Waals surface area contributed by atoms with Crippen molar-refractivity contribution < 1.29 is 5.11 Å². The Labute approximate surface area is 116 Å². The number of aliphatic hydroxyl groups excluding tert-OH is 1. The van der Waals surface area contributed by atoms with E-state index in [0.717, 1.165) is 19.4 Å². The molecule has 1 N–H and O–H groups in total. The molecule has 0 aliphatic carbocycles. The van der Waals surface area contributed by atoms with E-state index in [0.29, 0.717) is 5.92 Å². The van der Waals surface area contributed by atoms with E-state index in [-0.39, 0.29) is 6.61 Å². The molecule has 104 valence electrons. The van der Waals surface area contributed by atoms with Crippen LogP contribution >= 0.6 is 0 Å². The predicted molar refractivity (Wildman–Crippen MR) is 81.7 cm³/mol. The molecule has 0 radical (unpaired) electrons. The van der Waals surface area contributed by atoms with Gasteiger partial charge in [0.2, 0.25) is 0 Å². The minimum absolute atomic E-state index is 0.257. The number of benzene rings is 1. The van der Waals surface area contributed by atoms with Crippen molar-refractivity contribution >= 4 is 10.9 Å². The molecule has 2 heteroatoms. The van der Waals surface area contributed by atoms with Gasteiger partial charge in [-0.3, -0.25) is 0 Å². The zero-order valence-corrected chi connectivity index (χ0v) is 12.3. The van der Waals surface area contributed by atoms with Crippen LogP contribution < -0.4 is 0 Å². The van der Waals surface area contributed by atoms with Crippen LogP contribution in [0.15, 0.2) is 24.4 Å². The SMILES string of the molecule is CCCc1cn(CCCO)c2ccc(C(C)C)cc12. The van der Waals surface area contributed by atoms with Crippen LogP contribution in [0.1, 0.15) is 50.7 Å². The minimum Gasteiger partial charge on any atom is -0.396 e. The Hall–Kier alpha value is -1.28. The highest BCUT2D eigenvalue weighted by Crippen LogP contribution is 2.27. The second kappa shape index (κ2) is 6.25. The van der Waals surface area contributed by atoms with Crippen molar-refractivity contribution in [2.45, 2.75) is 52.5 Å². The van der Waals surface area contributed by atoms with Crippen molar-refractivity contribution in [3.05, 3.63) is 35.5 Å². The summed E-state index contributed by atoms with van der Waals surface area (Å²) in [6, 6.07) is 6.82. The van der Waals surface area contributed by atoms with E-state index in [2.05, 4.69) is 49.7 Å². The number of aromatic nitrogens is 1. The standard InChI is InChI=1S/C17H25NO/c1-4-6-15-12-18(9-5-10-19)17-8-7-14(13(2)3)11-16(15)17/h7-8,11-13,19H,4-6,9-10H2,1-3H3.